The molecule has 5 heteroatoms. The van der Waals surface area contributed by atoms with Gasteiger partial charge < -0.3 is 4.90 Å². The number of para-hydroxylation sites is 1. The van der Waals surface area contributed by atoms with Crippen molar-refractivity contribution in [3.8, 4) is 5.69 Å². The van der Waals surface area contributed by atoms with Crippen LogP contribution in [0.1, 0.15) is 48.4 Å². The number of ketones is 1. The summed E-state index contributed by atoms with van der Waals surface area (Å²) in [5.41, 5.74) is 2.58. The first kappa shape index (κ1) is 17.9. The van der Waals surface area contributed by atoms with Crippen molar-refractivity contribution in [2.24, 2.45) is 0 Å². The molecule has 0 unspecified atom stereocenters. The molecule has 2 aromatic rings. The Morgan fingerprint density at radius 3 is 2.38 bits per heavy atom. The van der Waals surface area contributed by atoms with Crippen LogP contribution >= 0.6 is 0 Å². The summed E-state index contributed by atoms with van der Waals surface area (Å²) in [7, 11) is 0. The molecule has 0 aliphatic rings. The van der Waals surface area contributed by atoms with Crippen molar-refractivity contribution < 1.29 is 9.59 Å². The molecule has 0 atom stereocenters. The number of hydrogen-bond donors (Lipinski definition) is 0. The molecule has 1 amide bonds. The van der Waals surface area contributed by atoms with Crippen LogP contribution < -0.4 is 0 Å². The molecule has 1 aromatic carbocycles. The van der Waals surface area contributed by atoms with Crippen LogP contribution in [-0.2, 0) is 4.79 Å². The highest BCUT2D eigenvalue weighted by molar-refractivity contribution is 6.43. The number of Topliss-reactive ketones (excluding diaryl/α,β-unsaturated/α-hetero) is 1. The van der Waals surface area contributed by atoms with Gasteiger partial charge in [0.1, 0.15) is 0 Å². The molecule has 0 aliphatic heterocycles. The summed E-state index contributed by atoms with van der Waals surface area (Å²) in [6.45, 7) is 8.72. The Morgan fingerprint density at radius 2 is 1.79 bits per heavy atom. The average Bonchev–Trinajstić information content (AvgIpc) is 2.90. The Bertz CT molecular complexity index is 720. The summed E-state index contributed by atoms with van der Waals surface area (Å²) in [4.78, 5) is 26.9. The van der Waals surface area contributed by atoms with Gasteiger partial charge in [-0.3, -0.25) is 9.59 Å². The zero-order valence-electron chi connectivity index (χ0n) is 14.9. The van der Waals surface area contributed by atoms with Crippen LogP contribution in [-0.4, -0.2) is 39.5 Å². The van der Waals surface area contributed by atoms with Crippen molar-refractivity contribution in [2.75, 3.05) is 13.1 Å². The first-order chi connectivity index (χ1) is 11.5. The van der Waals surface area contributed by atoms with Gasteiger partial charge in [0.15, 0.2) is 0 Å². The van der Waals surface area contributed by atoms with Gasteiger partial charge in [0.25, 0.3) is 11.7 Å². The first-order valence-corrected chi connectivity index (χ1v) is 8.46. The van der Waals surface area contributed by atoms with Gasteiger partial charge in [-0.25, -0.2) is 4.68 Å². The van der Waals surface area contributed by atoms with Gasteiger partial charge in [0.05, 0.1) is 22.6 Å². The number of amides is 1. The fraction of sp³-hybridized carbons (Fsp3) is 0.421. The number of aryl methyl sites for hydroxylation is 1. The molecular formula is C19H25N3O2. The minimum absolute atomic E-state index is 0.416. The third-order valence-corrected chi connectivity index (χ3v) is 4.16. The number of hydrogen-bond acceptors (Lipinski definition) is 3. The second-order valence-electron chi connectivity index (χ2n) is 5.86. The lowest BCUT2D eigenvalue weighted by atomic mass is 10.1. The predicted octanol–water partition coefficient (Wildman–Crippen LogP) is 3.32. The second-order valence-corrected chi connectivity index (χ2v) is 5.86. The Hall–Kier alpha value is -2.43. The molecule has 0 saturated heterocycles. The topological polar surface area (TPSA) is 55.2 Å². The van der Waals surface area contributed by atoms with E-state index in [2.05, 4.69) is 12.0 Å². The van der Waals surface area contributed by atoms with Crippen LogP contribution in [0, 0.1) is 13.8 Å². The van der Waals surface area contributed by atoms with Gasteiger partial charge in [-0.2, -0.15) is 5.10 Å². The van der Waals surface area contributed by atoms with E-state index in [0.717, 1.165) is 18.5 Å². The van der Waals surface area contributed by atoms with Gasteiger partial charge >= 0.3 is 0 Å². The highest BCUT2D eigenvalue weighted by Gasteiger charge is 2.28. The molecule has 0 fully saturated rings. The lowest BCUT2D eigenvalue weighted by Gasteiger charge is -2.19. The maximum atomic E-state index is 12.7. The van der Waals surface area contributed by atoms with E-state index in [0.29, 0.717) is 30.0 Å². The number of aromatic nitrogens is 2. The fourth-order valence-corrected chi connectivity index (χ4v) is 2.79. The molecule has 1 heterocycles. The lowest BCUT2D eigenvalue weighted by molar-refractivity contribution is -0.126. The minimum Gasteiger partial charge on any atom is -0.336 e. The normalized spacial score (nSPS) is 10.7. The maximum Gasteiger partial charge on any atom is 0.295 e. The van der Waals surface area contributed by atoms with Gasteiger partial charge in [0, 0.05) is 13.1 Å². The number of nitrogens with zero attached hydrogens (tertiary/aromatic N) is 3. The second kappa shape index (κ2) is 7.90. The van der Waals surface area contributed by atoms with Crippen molar-refractivity contribution in [1.29, 1.82) is 0 Å². The van der Waals surface area contributed by atoms with E-state index in [1.165, 1.54) is 0 Å². The lowest BCUT2D eigenvalue weighted by Crippen LogP contribution is -2.37. The average molecular weight is 327 g/mol. The molecule has 1 aromatic heterocycles. The van der Waals surface area contributed by atoms with E-state index in [9.17, 15) is 9.59 Å². The first-order valence-electron chi connectivity index (χ1n) is 8.46. The molecule has 0 spiro atoms. The van der Waals surface area contributed by atoms with Gasteiger partial charge in [-0.05, 0) is 39.3 Å². The van der Waals surface area contributed by atoms with Gasteiger partial charge in [-0.1, -0.05) is 31.5 Å². The van der Waals surface area contributed by atoms with Crippen molar-refractivity contribution >= 4 is 11.7 Å². The van der Waals surface area contributed by atoms with E-state index >= 15 is 0 Å². The number of carbonyl (C=O) groups excluding carboxylic acids is 2. The number of unbranched alkanes of at least 4 members (excludes halogenated alkanes) is 1. The smallest absolute Gasteiger partial charge is 0.295 e. The van der Waals surface area contributed by atoms with Crippen LogP contribution in [0.25, 0.3) is 5.69 Å². The van der Waals surface area contributed by atoms with Crippen LogP contribution in [0.4, 0.5) is 0 Å². The van der Waals surface area contributed by atoms with Crippen LogP contribution in [0.3, 0.4) is 0 Å². The molecule has 0 bridgehead atoms. The van der Waals surface area contributed by atoms with Crippen LogP contribution in [0.5, 0.6) is 0 Å². The van der Waals surface area contributed by atoms with E-state index in [1.54, 1.807) is 16.5 Å². The molecular weight excluding hydrogens is 302 g/mol. The summed E-state index contributed by atoms with van der Waals surface area (Å²) in [5.74, 6) is -0.908. The number of benzene rings is 1. The third-order valence-electron chi connectivity index (χ3n) is 4.16. The molecule has 24 heavy (non-hydrogen) atoms. The predicted molar refractivity (Wildman–Crippen MR) is 94.5 cm³/mol. The Labute approximate surface area is 143 Å². The standard InChI is InChI=1S/C19H25N3O2/c1-5-7-13-21(6-2)19(24)18(23)17-14(3)20-22(15(17)4)16-11-9-8-10-12-16/h8-12H,5-7,13H2,1-4H3. The van der Waals surface area contributed by atoms with E-state index < -0.39 is 11.7 Å². The molecule has 0 aliphatic carbocycles. The Balaban J connectivity index is 2.33. The summed E-state index contributed by atoms with van der Waals surface area (Å²) >= 11 is 0. The zero-order chi connectivity index (χ0) is 17.7. The van der Waals surface area contributed by atoms with E-state index in [1.807, 2.05) is 44.2 Å². The fourth-order valence-electron chi connectivity index (χ4n) is 2.79. The van der Waals surface area contributed by atoms with Gasteiger partial charge in [-0.15, -0.1) is 0 Å². The third kappa shape index (κ3) is 3.55. The highest BCUT2D eigenvalue weighted by Crippen LogP contribution is 2.19. The number of rotatable bonds is 7. The molecule has 0 saturated carbocycles. The molecule has 0 N–H and O–H groups in total. The monoisotopic (exact) mass is 327 g/mol. The van der Waals surface area contributed by atoms with Crippen molar-refractivity contribution in [3.63, 3.8) is 0 Å². The summed E-state index contributed by atoms with van der Waals surface area (Å²) in [6, 6.07) is 9.62. The zero-order valence-corrected chi connectivity index (χ0v) is 14.9. The highest BCUT2D eigenvalue weighted by atomic mass is 16.2. The SMILES string of the molecule is CCCCN(CC)C(=O)C(=O)c1c(C)nn(-c2ccccc2)c1C. The van der Waals surface area contributed by atoms with E-state index in [-0.39, 0.29) is 0 Å². The summed E-state index contributed by atoms with van der Waals surface area (Å²) < 4.78 is 1.72. The van der Waals surface area contributed by atoms with Crippen LogP contribution in [0.15, 0.2) is 30.3 Å². The van der Waals surface area contributed by atoms with Gasteiger partial charge in [0.2, 0.25) is 0 Å². The van der Waals surface area contributed by atoms with Crippen LogP contribution in [0.2, 0.25) is 0 Å². The van der Waals surface area contributed by atoms with Crippen molar-refractivity contribution in [1.82, 2.24) is 14.7 Å². The molecule has 5 nitrogen and oxygen atoms in total. The number of carbonyl (C=O) groups is 2. The van der Waals surface area contributed by atoms with Crippen molar-refractivity contribution in [3.05, 3.63) is 47.3 Å². The quantitative estimate of drug-likeness (QED) is 0.579. The number of likely N-dealkylation sites (N-methyl/N-ethyl adjacent to an activating group) is 1. The molecule has 128 valence electrons. The van der Waals surface area contributed by atoms with Crippen molar-refractivity contribution in [2.45, 2.75) is 40.5 Å². The Morgan fingerprint density at radius 1 is 1.12 bits per heavy atom. The largest absolute Gasteiger partial charge is 0.336 e. The molecule has 0 radical (unpaired) electrons. The Kier molecular flexibility index (Phi) is 5.90. The maximum absolute atomic E-state index is 12.7. The summed E-state index contributed by atoms with van der Waals surface area (Å²) in [5, 5.41) is 4.46. The molecule has 2 rings (SSSR count). The summed E-state index contributed by atoms with van der Waals surface area (Å²) in [6.07, 6.45) is 1.88. The minimum atomic E-state index is -0.467. The van der Waals surface area contributed by atoms with E-state index in [4.69, 9.17) is 0 Å².